The van der Waals surface area contributed by atoms with Gasteiger partial charge in [-0.05, 0) is 19.9 Å². The van der Waals surface area contributed by atoms with Crippen molar-refractivity contribution in [3.05, 3.63) is 15.8 Å². The summed E-state index contributed by atoms with van der Waals surface area (Å²) in [5.41, 5.74) is 5.37. The summed E-state index contributed by atoms with van der Waals surface area (Å²) >= 11 is 1.49. The minimum absolute atomic E-state index is 0. The maximum atomic E-state index is 12.6. The molecule has 1 aromatic heterocycles. The van der Waals surface area contributed by atoms with Crippen molar-refractivity contribution in [1.82, 2.24) is 9.21 Å². The van der Waals surface area contributed by atoms with Crippen molar-refractivity contribution in [2.24, 2.45) is 5.73 Å². The van der Waals surface area contributed by atoms with Gasteiger partial charge in [0, 0.05) is 48.9 Å². The number of nitrogens with zero attached hydrogens (tertiary/aromatic N) is 2. The van der Waals surface area contributed by atoms with Crippen molar-refractivity contribution in [1.29, 1.82) is 0 Å². The summed E-state index contributed by atoms with van der Waals surface area (Å²) in [6, 6.07) is 1.72. The molecule has 2 rings (SSSR count). The molecule has 6 nitrogen and oxygen atoms in total. The maximum Gasteiger partial charge on any atom is 0.244 e. The predicted octanol–water partition coefficient (Wildman–Crippen LogP) is 0.968. The Hall–Kier alpha value is -0.670. The average Bonchev–Trinajstić information content (AvgIpc) is 2.79. The monoisotopic (exact) mass is 367 g/mol. The Kier molecular flexibility index (Phi) is 6.82. The van der Waals surface area contributed by atoms with E-state index in [4.69, 9.17) is 5.73 Å². The zero-order chi connectivity index (χ0) is 15.6. The molecule has 2 heterocycles. The maximum absolute atomic E-state index is 12.6. The highest BCUT2D eigenvalue weighted by Crippen LogP contribution is 2.28. The van der Waals surface area contributed by atoms with E-state index in [9.17, 15) is 13.2 Å². The van der Waals surface area contributed by atoms with Crippen LogP contribution in [0.25, 0.3) is 0 Å². The third kappa shape index (κ3) is 3.99. The number of rotatable bonds is 4. The lowest BCUT2D eigenvalue weighted by molar-refractivity contribution is -0.132. The molecule has 1 aliphatic heterocycles. The molecule has 9 heteroatoms. The first-order valence-corrected chi connectivity index (χ1v) is 9.17. The SMILES string of the molecule is Cc1cc(S(=O)(=O)N2CCN(C(=O)CCN)CC2)c(C)s1.Cl. The van der Waals surface area contributed by atoms with Crippen molar-refractivity contribution in [3.63, 3.8) is 0 Å². The average molecular weight is 368 g/mol. The molecule has 1 amide bonds. The van der Waals surface area contributed by atoms with E-state index in [1.54, 1.807) is 11.0 Å². The van der Waals surface area contributed by atoms with Gasteiger partial charge in [-0.25, -0.2) is 8.42 Å². The van der Waals surface area contributed by atoms with E-state index in [0.717, 1.165) is 9.75 Å². The number of aryl methyl sites for hydroxylation is 2. The number of thiophene rings is 1. The van der Waals surface area contributed by atoms with Crippen LogP contribution >= 0.6 is 23.7 Å². The molecule has 0 aliphatic carbocycles. The van der Waals surface area contributed by atoms with Gasteiger partial charge < -0.3 is 10.6 Å². The van der Waals surface area contributed by atoms with Gasteiger partial charge >= 0.3 is 0 Å². The molecule has 0 radical (unpaired) electrons. The van der Waals surface area contributed by atoms with E-state index in [1.165, 1.54) is 15.6 Å². The normalized spacial score (nSPS) is 16.4. The molecule has 1 aliphatic rings. The lowest BCUT2D eigenvalue weighted by Gasteiger charge is -2.34. The van der Waals surface area contributed by atoms with Crippen LogP contribution in [0.2, 0.25) is 0 Å². The summed E-state index contributed by atoms with van der Waals surface area (Å²) in [5, 5.41) is 0. The lowest BCUT2D eigenvalue weighted by Crippen LogP contribution is -2.50. The van der Waals surface area contributed by atoms with Gasteiger partial charge in [0.2, 0.25) is 15.9 Å². The van der Waals surface area contributed by atoms with Crippen LogP contribution in [0.5, 0.6) is 0 Å². The molecule has 126 valence electrons. The van der Waals surface area contributed by atoms with Gasteiger partial charge in [-0.3, -0.25) is 4.79 Å². The lowest BCUT2D eigenvalue weighted by atomic mass is 10.3. The predicted molar refractivity (Wildman–Crippen MR) is 90.1 cm³/mol. The first-order valence-electron chi connectivity index (χ1n) is 6.91. The van der Waals surface area contributed by atoms with Crippen LogP contribution in [-0.4, -0.2) is 56.3 Å². The van der Waals surface area contributed by atoms with E-state index in [0.29, 0.717) is 44.0 Å². The summed E-state index contributed by atoms with van der Waals surface area (Å²) in [5.74, 6) is -0.00268. The molecule has 2 N–H and O–H groups in total. The van der Waals surface area contributed by atoms with Crippen molar-refractivity contribution in [3.8, 4) is 0 Å². The number of hydrogen-bond donors (Lipinski definition) is 1. The largest absolute Gasteiger partial charge is 0.340 e. The minimum Gasteiger partial charge on any atom is -0.340 e. The number of sulfonamides is 1. The van der Waals surface area contributed by atoms with E-state index in [1.807, 2.05) is 13.8 Å². The van der Waals surface area contributed by atoms with Crippen LogP contribution in [0.3, 0.4) is 0 Å². The molecule has 0 bridgehead atoms. The summed E-state index contributed by atoms with van der Waals surface area (Å²) in [6.07, 6.45) is 0.315. The fourth-order valence-corrected chi connectivity index (χ4v) is 5.41. The Morgan fingerprint density at radius 1 is 1.27 bits per heavy atom. The fourth-order valence-electron chi connectivity index (χ4n) is 2.46. The third-order valence-corrected chi connectivity index (χ3v) is 6.68. The molecule has 0 saturated carbocycles. The summed E-state index contributed by atoms with van der Waals surface area (Å²) in [6.45, 7) is 5.59. The number of carbonyl (C=O) groups excluding carboxylic acids is 1. The smallest absolute Gasteiger partial charge is 0.244 e. The molecule has 1 fully saturated rings. The first-order chi connectivity index (χ1) is 9.86. The van der Waals surface area contributed by atoms with Gasteiger partial charge in [-0.2, -0.15) is 4.31 Å². The van der Waals surface area contributed by atoms with E-state index >= 15 is 0 Å². The Morgan fingerprint density at radius 2 is 1.86 bits per heavy atom. The molecular formula is C13H22ClN3O3S2. The summed E-state index contributed by atoms with van der Waals surface area (Å²) < 4.78 is 26.7. The molecular weight excluding hydrogens is 346 g/mol. The van der Waals surface area contributed by atoms with Gasteiger partial charge in [-0.1, -0.05) is 0 Å². The number of nitrogens with two attached hydrogens (primary N) is 1. The Labute approximate surface area is 141 Å². The number of carbonyl (C=O) groups is 1. The highest BCUT2D eigenvalue weighted by atomic mass is 35.5. The molecule has 0 spiro atoms. The van der Waals surface area contributed by atoms with Crippen molar-refractivity contribution >= 4 is 39.7 Å². The van der Waals surface area contributed by atoms with E-state index in [-0.39, 0.29) is 18.3 Å². The zero-order valence-electron chi connectivity index (χ0n) is 12.7. The number of piperazine rings is 1. The van der Waals surface area contributed by atoms with E-state index in [2.05, 4.69) is 0 Å². The molecule has 22 heavy (non-hydrogen) atoms. The van der Waals surface area contributed by atoms with Gasteiger partial charge in [0.15, 0.2) is 0 Å². The molecule has 1 saturated heterocycles. The van der Waals surface area contributed by atoms with Crippen molar-refractivity contribution in [2.75, 3.05) is 32.7 Å². The van der Waals surface area contributed by atoms with Crippen molar-refractivity contribution < 1.29 is 13.2 Å². The second kappa shape index (κ2) is 7.74. The first kappa shape index (κ1) is 19.4. The summed E-state index contributed by atoms with van der Waals surface area (Å²) in [4.78, 5) is 15.6. The molecule has 0 unspecified atom stereocenters. The highest BCUT2D eigenvalue weighted by molar-refractivity contribution is 7.89. The van der Waals surface area contributed by atoms with E-state index < -0.39 is 10.0 Å². The minimum atomic E-state index is -3.45. The van der Waals surface area contributed by atoms with Crippen LogP contribution in [-0.2, 0) is 14.8 Å². The quantitative estimate of drug-likeness (QED) is 0.859. The molecule has 0 atom stereocenters. The number of halogens is 1. The fraction of sp³-hybridized carbons (Fsp3) is 0.615. The van der Waals surface area contributed by atoms with Gasteiger partial charge in [0.05, 0.1) is 4.90 Å². The van der Waals surface area contributed by atoms with Crippen LogP contribution in [0.4, 0.5) is 0 Å². The van der Waals surface area contributed by atoms with Crippen LogP contribution < -0.4 is 5.73 Å². The second-order valence-electron chi connectivity index (χ2n) is 5.10. The third-order valence-electron chi connectivity index (χ3n) is 3.56. The topological polar surface area (TPSA) is 83.7 Å². The Bertz CT molecular complexity index is 622. The number of amides is 1. The van der Waals surface area contributed by atoms with Crippen LogP contribution in [0.15, 0.2) is 11.0 Å². The van der Waals surface area contributed by atoms with Gasteiger partial charge in [-0.15, -0.1) is 23.7 Å². The molecule has 0 aromatic carbocycles. The zero-order valence-corrected chi connectivity index (χ0v) is 15.2. The Morgan fingerprint density at radius 3 is 2.32 bits per heavy atom. The highest BCUT2D eigenvalue weighted by Gasteiger charge is 2.31. The Balaban J connectivity index is 0.00000242. The number of hydrogen-bond acceptors (Lipinski definition) is 5. The molecule has 1 aromatic rings. The van der Waals surface area contributed by atoms with Gasteiger partial charge in [0.25, 0.3) is 0 Å². The van der Waals surface area contributed by atoms with Crippen molar-refractivity contribution in [2.45, 2.75) is 25.2 Å². The van der Waals surface area contributed by atoms with Crippen LogP contribution in [0, 0.1) is 13.8 Å². The standard InChI is InChI=1S/C13H21N3O3S2.ClH/c1-10-9-12(11(2)20-10)21(18,19)16-7-5-15(6-8-16)13(17)3-4-14;/h9H,3-8,14H2,1-2H3;1H. The van der Waals surface area contributed by atoms with Gasteiger partial charge in [0.1, 0.15) is 0 Å². The summed E-state index contributed by atoms with van der Waals surface area (Å²) in [7, 11) is -3.45. The second-order valence-corrected chi connectivity index (χ2v) is 8.47. The van der Waals surface area contributed by atoms with Crippen LogP contribution in [0.1, 0.15) is 16.2 Å².